The average molecular weight is 315 g/mol. The van der Waals surface area contributed by atoms with Crippen LogP contribution in [-0.2, 0) is 10.0 Å². The lowest BCUT2D eigenvalue weighted by Crippen LogP contribution is -2.31. The van der Waals surface area contributed by atoms with Crippen LogP contribution in [0.1, 0.15) is 29.8 Å². The van der Waals surface area contributed by atoms with E-state index < -0.39 is 31.4 Å². The summed E-state index contributed by atoms with van der Waals surface area (Å²) < 4.78 is 23.1. The zero-order valence-corrected chi connectivity index (χ0v) is 12.8. The summed E-state index contributed by atoms with van der Waals surface area (Å²) in [6, 6.07) is 1.94. The Kier molecular flexibility index (Phi) is 5.02. The molecule has 0 radical (unpaired) electrons. The number of nitrogens with zero attached hydrogens (tertiary/aromatic N) is 2. The van der Waals surface area contributed by atoms with Gasteiger partial charge >= 0.3 is 0 Å². The van der Waals surface area contributed by atoms with Crippen LogP contribution in [0.2, 0.25) is 0 Å². The smallest absolute Gasteiger partial charge is 0.271 e. The van der Waals surface area contributed by atoms with E-state index in [0.29, 0.717) is 13.1 Å². The fourth-order valence-corrected chi connectivity index (χ4v) is 2.80. The number of rotatable bonds is 5. The van der Waals surface area contributed by atoms with E-state index in [2.05, 4.69) is 0 Å². The summed E-state index contributed by atoms with van der Waals surface area (Å²) in [4.78, 5) is 23.5. The number of hydrogen-bond donors (Lipinski definition) is 1. The molecule has 0 aromatic heterocycles. The molecule has 0 aliphatic carbocycles. The Labute approximate surface area is 122 Å². The molecule has 1 rings (SSSR count). The summed E-state index contributed by atoms with van der Waals surface area (Å²) in [5, 5.41) is 16.0. The lowest BCUT2D eigenvalue weighted by Gasteiger charge is -2.20. The highest BCUT2D eigenvalue weighted by molar-refractivity contribution is 7.89. The van der Waals surface area contributed by atoms with Crippen LogP contribution >= 0.6 is 0 Å². The van der Waals surface area contributed by atoms with Gasteiger partial charge in [0.1, 0.15) is 0 Å². The molecule has 2 N–H and O–H groups in total. The molecule has 0 heterocycles. The van der Waals surface area contributed by atoms with E-state index >= 15 is 0 Å². The van der Waals surface area contributed by atoms with E-state index in [4.69, 9.17) is 5.14 Å². The Balaban J connectivity index is 3.62. The zero-order valence-electron chi connectivity index (χ0n) is 12.0. The van der Waals surface area contributed by atoms with Crippen LogP contribution in [0.5, 0.6) is 0 Å². The van der Waals surface area contributed by atoms with Crippen molar-refractivity contribution in [1.29, 1.82) is 0 Å². The van der Waals surface area contributed by atoms with E-state index in [0.717, 1.165) is 12.1 Å². The molecule has 1 aromatic rings. The minimum Gasteiger partial charge on any atom is -0.339 e. The first-order valence-corrected chi connectivity index (χ1v) is 7.79. The molecule has 0 saturated carbocycles. The molecule has 9 heteroatoms. The van der Waals surface area contributed by atoms with Gasteiger partial charge in [0.25, 0.3) is 11.6 Å². The Morgan fingerprint density at radius 1 is 1.33 bits per heavy atom. The maximum atomic E-state index is 12.3. The summed E-state index contributed by atoms with van der Waals surface area (Å²) in [7, 11) is -4.16. The van der Waals surface area contributed by atoms with Crippen molar-refractivity contribution in [3.05, 3.63) is 33.4 Å². The lowest BCUT2D eigenvalue weighted by molar-refractivity contribution is -0.385. The molecule has 0 saturated heterocycles. The molecule has 21 heavy (non-hydrogen) atoms. The number of carbonyl (C=O) groups is 1. The summed E-state index contributed by atoms with van der Waals surface area (Å²) >= 11 is 0. The second-order valence-electron chi connectivity index (χ2n) is 4.40. The number of nitro benzene ring substituents is 1. The monoisotopic (exact) mass is 315 g/mol. The Morgan fingerprint density at radius 2 is 1.86 bits per heavy atom. The summed E-state index contributed by atoms with van der Waals surface area (Å²) in [6.07, 6.45) is 0. The van der Waals surface area contributed by atoms with Gasteiger partial charge in [-0.3, -0.25) is 14.9 Å². The largest absolute Gasteiger partial charge is 0.339 e. The molecule has 0 aliphatic heterocycles. The fourth-order valence-electron chi connectivity index (χ4n) is 1.98. The minimum absolute atomic E-state index is 0.0306. The molecule has 0 bridgehead atoms. The third-order valence-corrected chi connectivity index (χ3v) is 4.18. The number of nitro groups is 1. The molecule has 0 spiro atoms. The van der Waals surface area contributed by atoms with Gasteiger partial charge in [-0.1, -0.05) is 0 Å². The maximum Gasteiger partial charge on any atom is 0.271 e. The second-order valence-corrected chi connectivity index (χ2v) is 5.93. The van der Waals surface area contributed by atoms with Crippen LogP contribution in [0.15, 0.2) is 17.0 Å². The molecular weight excluding hydrogens is 298 g/mol. The number of amides is 1. The van der Waals surface area contributed by atoms with Gasteiger partial charge in [-0.25, -0.2) is 13.6 Å². The minimum atomic E-state index is -4.16. The summed E-state index contributed by atoms with van der Waals surface area (Å²) in [5.74, 6) is -0.467. The maximum absolute atomic E-state index is 12.3. The van der Waals surface area contributed by atoms with Crippen molar-refractivity contribution in [2.24, 2.45) is 5.14 Å². The average Bonchev–Trinajstić information content (AvgIpc) is 2.38. The second kappa shape index (κ2) is 6.19. The number of carbonyl (C=O) groups excluding carboxylic acids is 1. The van der Waals surface area contributed by atoms with Gasteiger partial charge in [-0.15, -0.1) is 0 Å². The van der Waals surface area contributed by atoms with E-state index in [1.807, 2.05) is 0 Å². The van der Waals surface area contributed by atoms with Crippen LogP contribution in [0.3, 0.4) is 0 Å². The van der Waals surface area contributed by atoms with E-state index in [9.17, 15) is 23.3 Å². The SMILES string of the molecule is CCN(CC)C(=O)c1cc([N+](=O)[O-])cc(S(N)(=O)=O)c1C. The van der Waals surface area contributed by atoms with Gasteiger partial charge in [-0.2, -0.15) is 0 Å². The number of non-ortho nitro benzene ring substituents is 1. The number of nitrogens with two attached hydrogens (primary N) is 1. The van der Waals surface area contributed by atoms with Crippen molar-refractivity contribution in [2.75, 3.05) is 13.1 Å². The van der Waals surface area contributed by atoms with Crippen LogP contribution in [-0.4, -0.2) is 37.2 Å². The van der Waals surface area contributed by atoms with Gasteiger partial charge in [0.05, 0.1) is 15.4 Å². The van der Waals surface area contributed by atoms with Crippen molar-refractivity contribution < 1.29 is 18.1 Å². The lowest BCUT2D eigenvalue weighted by atomic mass is 10.1. The van der Waals surface area contributed by atoms with Gasteiger partial charge in [-0.05, 0) is 26.3 Å². The van der Waals surface area contributed by atoms with Crippen molar-refractivity contribution in [3.8, 4) is 0 Å². The quantitative estimate of drug-likeness (QED) is 0.642. The Hall–Kier alpha value is -2.00. The molecular formula is C12H17N3O5S. The van der Waals surface area contributed by atoms with Crippen molar-refractivity contribution >= 4 is 21.6 Å². The highest BCUT2D eigenvalue weighted by atomic mass is 32.2. The first-order valence-electron chi connectivity index (χ1n) is 6.24. The third-order valence-electron chi connectivity index (χ3n) is 3.14. The highest BCUT2D eigenvalue weighted by Gasteiger charge is 2.25. The first-order chi connectivity index (χ1) is 9.63. The molecule has 8 nitrogen and oxygen atoms in total. The predicted molar refractivity (Wildman–Crippen MR) is 76.5 cm³/mol. The third kappa shape index (κ3) is 3.56. The Bertz CT molecular complexity index is 680. The first kappa shape index (κ1) is 17.1. The number of sulfonamides is 1. The molecule has 0 fully saturated rings. The van der Waals surface area contributed by atoms with Crippen molar-refractivity contribution in [1.82, 2.24) is 4.90 Å². The van der Waals surface area contributed by atoms with E-state index in [1.54, 1.807) is 13.8 Å². The van der Waals surface area contributed by atoms with Crippen LogP contribution in [0, 0.1) is 17.0 Å². The fraction of sp³-hybridized carbons (Fsp3) is 0.417. The van der Waals surface area contributed by atoms with Crippen molar-refractivity contribution in [2.45, 2.75) is 25.7 Å². The summed E-state index contributed by atoms with van der Waals surface area (Å²) in [6.45, 7) is 5.73. The van der Waals surface area contributed by atoms with Crippen LogP contribution in [0.4, 0.5) is 5.69 Å². The van der Waals surface area contributed by atoms with Gasteiger partial charge in [0.2, 0.25) is 10.0 Å². The van der Waals surface area contributed by atoms with Gasteiger partial charge < -0.3 is 4.90 Å². The van der Waals surface area contributed by atoms with E-state index in [1.165, 1.54) is 11.8 Å². The predicted octanol–water partition coefficient (Wildman–Crippen LogP) is 1.03. The molecule has 1 amide bonds. The molecule has 0 unspecified atom stereocenters. The normalized spacial score (nSPS) is 11.2. The van der Waals surface area contributed by atoms with Crippen LogP contribution in [0.25, 0.3) is 0 Å². The number of primary sulfonamides is 1. The standard InChI is InChI=1S/C12H17N3O5S/c1-4-14(5-2)12(16)10-6-9(15(17)18)7-11(8(10)3)21(13,19)20/h6-7H,4-5H2,1-3H3,(H2,13,19,20). The van der Waals surface area contributed by atoms with E-state index in [-0.39, 0.29) is 11.1 Å². The molecule has 1 aromatic carbocycles. The molecule has 0 atom stereocenters. The van der Waals surface area contributed by atoms with Crippen LogP contribution < -0.4 is 5.14 Å². The zero-order chi connectivity index (χ0) is 16.4. The van der Waals surface area contributed by atoms with Crippen molar-refractivity contribution in [3.63, 3.8) is 0 Å². The van der Waals surface area contributed by atoms with Gasteiger partial charge in [0.15, 0.2) is 0 Å². The summed E-state index contributed by atoms with van der Waals surface area (Å²) in [5.41, 5.74) is -0.406. The number of hydrogen-bond acceptors (Lipinski definition) is 5. The highest BCUT2D eigenvalue weighted by Crippen LogP contribution is 2.26. The number of benzene rings is 1. The van der Waals surface area contributed by atoms with Gasteiger partial charge in [0, 0.05) is 25.2 Å². The Morgan fingerprint density at radius 3 is 2.24 bits per heavy atom. The molecule has 0 aliphatic rings. The topological polar surface area (TPSA) is 124 Å². The molecule has 116 valence electrons.